The van der Waals surface area contributed by atoms with Crippen molar-refractivity contribution in [2.24, 2.45) is 0 Å². The second-order valence-corrected chi connectivity index (χ2v) is 1.73. The molecule has 4 heteroatoms. The molecule has 4 nitrogen and oxygen atoms in total. The van der Waals surface area contributed by atoms with E-state index in [0.717, 1.165) is 12.8 Å². The quantitative estimate of drug-likeness (QED) is 0.336. The van der Waals surface area contributed by atoms with Gasteiger partial charge in [-0.25, -0.2) is 14.6 Å². The van der Waals surface area contributed by atoms with Crippen LogP contribution in [0.15, 0.2) is 0 Å². The van der Waals surface area contributed by atoms with Crippen molar-refractivity contribution in [3.8, 4) is 6.26 Å². The molecule has 0 amide bonds. The smallest absolute Gasteiger partial charge is 0.247 e. The van der Waals surface area contributed by atoms with Gasteiger partial charge in [0.25, 0.3) is 0 Å². The summed E-state index contributed by atoms with van der Waals surface area (Å²) >= 11 is 0. The molecule has 10 heavy (non-hydrogen) atoms. The van der Waals surface area contributed by atoms with Crippen LogP contribution in [0.25, 0.3) is 0 Å². The molecule has 0 atom stereocenters. The zero-order chi connectivity index (χ0) is 7.82. The average Bonchev–Trinajstić information content (AvgIpc) is 1.97. The number of hydrogen-bond donors (Lipinski definition) is 0. The molecule has 0 bridgehead atoms. The number of rotatable bonds is 4. The van der Waals surface area contributed by atoms with Gasteiger partial charge in [-0.3, -0.25) is 0 Å². The lowest BCUT2D eigenvalue weighted by Gasteiger charge is -1.94. The Balaban J connectivity index is 3.19. The van der Waals surface area contributed by atoms with Gasteiger partial charge in [-0.2, -0.15) is 0 Å². The standard InChI is InChI=1S/C6H9NO3/c1-2-3-4-6(8)10-9-5-7/h2-4H2,1H3. The Hall–Kier alpha value is -1.24. The van der Waals surface area contributed by atoms with Crippen LogP contribution in [0, 0.1) is 11.5 Å². The van der Waals surface area contributed by atoms with Crippen LogP contribution in [0.2, 0.25) is 0 Å². The van der Waals surface area contributed by atoms with Crippen molar-refractivity contribution in [1.82, 2.24) is 0 Å². The first-order valence-corrected chi connectivity index (χ1v) is 3.06. The minimum atomic E-state index is -0.497. The summed E-state index contributed by atoms with van der Waals surface area (Å²) in [6.45, 7) is 1.96. The second-order valence-electron chi connectivity index (χ2n) is 1.73. The zero-order valence-corrected chi connectivity index (χ0v) is 5.79. The maximum absolute atomic E-state index is 10.5. The molecule has 0 aromatic carbocycles. The van der Waals surface area contributed by atoms with Gasteiger partial charge in [0.1, 0.15) is 0 Å². The Morgan fingerprint density at radius 1 is 1.70 bits per heavy atom. The van der Waals surface area contributed by atoms with Gasteiger partial charge in [-0.15, -0.1) is 5.26 Å². The van der Waals surface area contributed by atoms with Crippen molar-refractivity contribution in [2.75, 3.05) is 0 Å². The van der Waals surface area contributed by atoms with Crippen molar-refractivity contribution in [3.05, 3.63) is 0 Å². The van der Waals surface area contributed by atoms with Gasteiger partial charge in [-0.1, -0.05) is 13.3 Å². The highest BCUT2D eigenvalue weighted by molar-refractivity contribution is 5.68. The van der Waals surface area contributed by atoms with Crippen LogP contribution < -0.4 is 0 Å². The first-order valence-electron chi connectivity index (χ1n) is 3.06. The molecule has 0 aliphatic heterocycles. The van der Waals surface area contributed by atoms with Crippen molar-refractivity contribution in [3.63, 3.8) is 0 Å². The van der Waals surface area contributed by atoms with Crippen molar-refractivity contribution < 1.29 is 14.6 Å². The minimum absolute atomic E-state index is 0.304. The summed E-state index contributed by atoms with van der Waals surface area (Å²) in [6, 6.07) is 0. The average molecular weight is 143 g/mol. The zero-order valence-electron chi connectivity index (χ0n) is 5.79. The predicted octanol–water partition coefficient (Wildman–Crippen LogP) is 1.13. The van der Waals surface area contributed by atoms with Gasteiger partial charge in [0.2, 0.25) is 0 Å². The van der Waals surface area contributed by atoms with Crippen LogP contribution in [-0.2, 0) is 14.6 Å². The molecule has 0 spiro atoms. The number of nitrogens with zero attached hydrogens (tertiary/aromatic N) is 1. The molecule has 0 fully saturated rings. The van der Waals surface area contributed by atoms with Crippen LogP contribution in [-0.4, -0.2) is 5.97 Å². The van der Waals surface area contributed by atoms with Gasteiger partial charge in [-0.05, 0) is 6.42 Å². The van der Waals surface area contributed by atoms with Crippen molar-refractivity contribution in [1.29, 1.82) is 5.26 Å². The molecule has 0 unspecified atom stereocenters. The maximum atomic E-state index is 10.5. The van der Waals surface area contributed by atoms with E-state index in [1.54, 1.807) is 0 Å². The monoisotopic (exact) mass is 143 g/mol. The van der Waals surface area contributed by atoms with Crippen molar-refractivity contribution in [2.45, 2.75) is 26.2 Å². The van der Waals surface area contributed by atoms with E-state index in [4.69, 9.17) is 5.26 Å². The van der Waals surface area contributed by atoms with Crippen LogP contribution in [0.4, 0.5) is 0 Å². The Morgan fingerprint density at radius 2 is 2.40 bits per heavy atom. The number of unbranched alkanes of at least 4 members (excludes halogenated alkanes) is 1. The molecule has 0 aromatic heterocycles. The Labute approximate surface area is 59.3 Å². The van der Waals surface area contributed by atoms with Crippen LogP contribution in [0.1, 0.15) is 26.2 Å². The van der Waals surface area contributed by atoms with Crippen LogP contribution >= 0.6 is 0 Å². The van der Waals surface area contributed by atoms with Gasteiger partial charge < -0.3 is 0 Å². The summed E-state index contributed by atoms with van der Waals surface area (Å²) < 4.78 is 0. The lowest BCUT2D eigenvalue weighted by atomic mass is 10.3. The number of hydrogen-bond acceptors (Lipinski definition) is 4. The maximum Gasteiger partial charge on any atom is 0.356 e. The van der Waals surface area contributed by atoms with Gasteiger partial charge >= 0.3 is 12.2 Å². The topological polar surface area (TPSA) is 59.3 Å². The Bertz CT molecular complexity index is 138. The summed E-state index contributed by atoms with van der Waals surface area (Å²) in [6.07, 6.45) is 3.21. The molecule has 0 rings (SSSR count). The third-order valence-electron chi connectivity index (χ3n) is 0.906. The fourth-order valence-corrected chi connectivity index (χ4v) is 0.428. The number of nitriles is 1. The first kappa shape index (κ1) is 8.76. The van der Waals surface area contributed by atoms with E-state index in [1.165, 1.54) is 6.26 Å². The molecular formula is C6H9NO3. The van der Waals surface area contributed by atoms with Gasteiger partial charge in [0.15, 0.2) is 0 Å². The summed E-state index contributed by atoms with van der Waals surface area (Å²) in [5.74, 6) is -0.497. The summed E-state index contributed by atoms with van der Waals surface area (Å²) in [5, 5.41) is 7.79. The van der Waals surface area contributed by atoms with Crippen LogP contribution in [0.3, 0.4) is 0 Å². The summed E-state index contributed by atoms with van der Waals surface area (Å²) in [7, 11) is 0. The van der Waals surface area contributed by atoms with E-state index in [9.17, 15) is 4.79 Å². The minimum Gasteiger partial charge on any atom is -0.247 e. The van der Waals surface area contributed by atoms with Gasteiger partial charge in [0.05, 0.1) is 6.42 Å². The summed E-state index contributed by atoms with van der Waals surface area (Å²) in [5.41, 5.74) is 0. The largest absolute Gasteiger partial charge is 0.356 e. The predicted molar refractivity (Wildman–Crippen MR) is 32.3 cm³/mol. The van der Waals surface area contributed by atoms with E-state index >= 15 is 0 Å². The third-order valence-corrected chi connectivity index (χ3v) is 0.906. The normalized spacial score (nSPS) is 8.00. The fraction of sp³-hybridized carbons (Fsp3) is 0.667. The third kappa shape index (κ3) is 4.91. The molecule has 56 valence electrons. The molecule has 0 heterocycles. The van der Waals surface area contributed by atoms with E-state index in [1.807, 2.05) is 6.92 Å². The first-order chi connectivity index (χ1) is 4.81. The second kappa shape index (κ2) is 5.89. The Morgan fingerprint density at radius 3 is 2.90 bits per heavy atom. The summed E-state index contributed by atoms with van der Waals surface area (Å²) in [4.78, 5) is 18.2. The molecule has 0 saturated carbocycles. The lowest BCUT2D eigenvalue weighted by molar-refractivity contribution is -0.232. The highest BCUT2D eigenvalue weighted by atomic mass is 17.2. The van der Waals surface area contributed by atoms with E-state index in [0.29, 0.717) is 6.42 Å². The molecule has 0 aliphatic rings. The van der Waals surface area contributed by atoms with Crippen molar-refractivity contribution >= 4 is 5.97 Å². The molecule has 0 saturated heterocycles. The highest BCUT2D eigenvalue weighted by Crippen LogP contribution is 1.95. The van der Waals surface area contributed by atoms with Crippen LogP contribution in [0.5, 0.6) is 0 Å². The molecule has 0 aliphatic carbocycles. The lowest BCUT2D eigenvalue weighted by Crippen LogP contribution is -2.01. The highest BCUT2D eigenvalue weighted by Gasteiger charge is 2.01. The van der Waals surface area contributed by atoms with E-state index < -0.39 is 5.97 Å². The fourth-order valence-electron chi connectivity index (χ4n) is 0.428. The van der Waals surface area contributed by atoms with Gasteiger partial charge in [0, 0.05) is 0 Å². The van der Waals surface area contributed by atoms with E-state index in [-0.39, 0.29) is 0 Å². The SMILES string of the molecule is CCCCC(=O)OOC#N. The number of carbonyl (C=O) groups is 1. The molecular weight excluding hydrogens is 134 g/mol. The molecule has 0 N–H and O–H groups in total. The van der Waals surface area contributed by atoms with E-state index in [2.05, 4.69) is 9.78 Å². The molecule has 0 radical (unpaired) electrons. The molecule has 0 aromatic rings. The Kier molecular flexibility index (Phi) is 5.16. The number of carbonyl (C=O) groups excluding carboxylic acids is 1.